The fourth-order valence-electron chi connectivity index (χ4n) is 2.16. The van der Waals surface area contributed by atoms with Crippen molar-refractivity contribution < 1.29 is 26.7 Å². The van der Waals surface area contributed by atoms with Crippen molar-refractivity contribution in [2.24, 2.45) is 0 Å². The van der Waals surface area contributed by atoms with E-state index in [4.69, 9.17) is 11.6 Å². The van der Waals surface area contributed by atoms with Gasteiger partial charge in [-0.2, -0.15) is 13.9 Å². The topological polar surface area (TPSA) is 44.1 Å². The first kappa shape index (κ1) is 23.2. The SMILES string of the molecule is CC(C)(C)n1ncc(SCc2ccc(C(F)=C(F)OC(F)(F)F)cc2)c(Cl)c1=O. The summed E-state index contributed by atoms with van der Waals surface area (Å²) in [5.74, 6) is -1.45. The first-order valence-corrected chi connectivity index (χ1v) is 9.47. The molecule has 0 aliphatic heterocycles. The number of ether oxygens (including phenoxy) is 1. The molecule has 0 aliphatic rings. The van der Waals surface area contributed by atoms with Crippen molar-refractivity contribution in [2.45, 2.75) is 43.3 Å². The maximum absolute atomic E-state index is 13.7. The molecule has 2 aromatic rings. The summed E-state index contributed by atoms with van der Waals surface area (Å²) in [5, 5.41) is 4.12. The minimum atomic E-state index is -5.33. The van der Waals surface area contributed by atoms with Crippen LogP contribution in [-0.2, 0) is 16.0 Å². The molecule has 4 nitrogen and oxygen atoms in total. The molecule has 1 aromatic heterocycles. The first-order valence-electron chi connectivity index (χ1n) is 8.11. The minimum Gasteiger partial charge on any atom is -0.376 e. The molecule has 0 amide bonds. The number of hydrogen-bond donors (Lipinski definition) is 0. The van der Waals surface area contributed by atoms with E-state index in [0.717, 1.165) is 12.1 Å². The third-order valence-corrected chi connectivity index (χ3v) is 5.08. The van der Waals surface area contributed by atoms with Crippen LogP contribution in [0.4, 0.5) is 22.0 Å². The van der Waals surface area contributed by atoms with Gasteiger partial charge >= 0.3 is 12.4 Å². The van der Waals surface area contributed by atoms with Crippen LogP contribution in [0.3, 0.4) is 0 Å². The van der Waals surface area contributed by atoms with Crippen molar-refractivity contribution >= 4 is 29.2 Å². The molecular weight excluding hydrogens is 439 g/mol. The predicted molar refractivity (Wildman–Crippen MR) is 101 cm³/mol. The van der Waals surface area contributed by atoms with E-state index in [1.165, 1.54) is 34.8 Å². The minimum absolute atomic E-state index is 0.0110. The number of benzene rings is 1. The van der Waals surface area contributed by atoms with Gasteiger partial charge in [0.15, 0.2) is 0 Å². The van der Waals surface area contributed by atoms with Gasteiger partial charge in [-0.1, -0.05) is 35.9 Å². The number of alkyl halides is 3. The molecule has 29 heavy (non-hydrogen) atoms. The molecule has 0 N–H and O–H groups in total. The Kier molecular flexibility index (Phi) is 7.00. The van der Waals surface area contributed by atoms with Crippen molar-refractivity contribution in [3.63, 3.8) is 0 Å². The molecule has 11 heteroatoms. The number of thioether (sulfide) groups is 1. The van der Waals surface area contributed by atoms with Crippen LogP contribution < -0.4 is 5.56 Å². The van der Waals surface area contributed by atoms with Gasteiger partial charge in [-0.3, -0.25) is 4.79 Å². The summed E-state index contributed by atoms with van der Waals surface area (Å²) in [6.45, 7) is 5.42. The molecule has 1 aromatic carbocycles. The van der Waals surface area contributed by atoms with E-state index in [1.807, 2.05) is 20.8 Å². The number of nitrogens with zero attached hydrogens (tertiary/aromatic N) is 2. The Hall–Kier alpha value is -2.07. The summed E-state index contributed by atoms with van der Waals surface area (Å²) in [7, 11) is 0. The Morgan fingerprint density at radius 1 is 1.17 bits per heavy atom. The van der Waals surface area contributed by atoms with E-state index in [9.17, 15) is 26.7 Å². The molecule has 0 aliphatic carbocycles. The Bertz CT molecular complexity index is 966. The average Bonchev–Trinajstić information content (AvgIpc) is 2.60. The van der Waals surface area contributed by atoms with Gasteiger partial charge < -0.3 is 4.74 Å². The molecule has 0 fully saturated rings. The molecule has 158 valence electrons. The predicted octanol–water partition coefficient (Wildman–Crippen LogP) is 6.05. The van der Waals surface area contributed by atoms with Crippen LogP contribution in [0, 0.1) is 0 Å². The number of rotatable bonds is 5. The summed E-state index contributed by atoms with van der Waals surface area (Å²) < 4.78 is 66.9. The van der Waals surface area contributed by atoms with Crippen molar-refractivity contribution in [2.75, 3.05) is 0 Å². The average molecular weight is 455 g/mol. The summed E-state index contributed by atoms with van der Waals surface area (Å²) in [5.41, 5.74) is -0.748. The van der Waals surface area contributed by atoms with Crippen molar-refractivity contribution in [1.82, 2.24) is 9.78 Å². The molecule has 0 unspecified atom stereocenters. The van der Waals surface area contributed by atoms with Crippen LogP contribution in [0.15, 0.2) is 46.2 Å². The number of aromatic nitrogens is 2. The zero-order valence-corrected chi connectivity index (χ0v) is 17.1. The van der Waals surface area contributed by atoms with E-state index >= 15 is 0 Å². The second-order valence-electron chi connectivity index (χ2n) is 6.83. The van der Waals surface area contributed by atoms with E-state index in [1.54, 1.807) is 0 Å². The van der Waals surface area contributed by atoms with Crippen LogP contribution in [-0.4, -0.2) is 16.1 Å². The van der Waals surface area contributed by atoms with Gasteiger partial charge in [0.25, 0.3) is 5.56 Å². The lowest BCUT2D eigenvalue weighted by atomic mass is 10.1. The maximum atomic E-state index is 13.7. The summed E-state index contributed by atoms with van der Waals surface area (Å²) in [6, 6.07) is 2.67. The fraction of sp³-hybridized carbons (Fsp3) is 0.333. The quantitative estimate of drug-likeness (QED) is 0.313. The van der Waals surface area contributed by atoms with Gasteiger partial charge in [-0.25, -0.2) is 4.68 Å². The van der Waals surface area contributed by atoms with Crippen LogP contribution in [0.2, 0.25) is 5.02 Å². The van der Waals surface area contributed by atoms with Gasteiger partial charge in [-0.05, 0) is 26.3 Å². The smallest absolute Gasteiger partial charge is 0.376 e. The van der Waals surface area contributed by atoms with Crippen LogP contribution in [0.25, 0.3) is 5.83 Å². The highest BCUT2D eigenvalue weighted by molar-refractivity contribution is 7.98. The highest BCUT2D eigenvalue weighted by Gasteiger charge is 2.34. The maximum Gasteiger partial charge on any atom is 0.574 e. The standard InChI is InChI=1S/C18H16ClF5N2O2S/c1-17(2,3)26-16(27)13(19)12(8-25-26)29-9-10-4-6-11(7-5-10)14(20)15(21)28-18(22,23)24/h4-8H,9H2,1-3H3. The van der Waals surface area contributed by atoms with Gasteiger partial charge in [0.2, 0.25) is 5.83 Å². The monoisotopic (exact) mass is 454 g/mol. The largest absolute Gasteiger partial charge is 0.574 e. The lowest BCUT2D eigenvalue weighted by Gasteiger charge is -2.21. The fourth-order valence-corrected chi connectivity index (χ4v) is 3.31. The van der Waals surface area contributed by atoms with Gasteiger partial charge in [-0.15, -0.1) is 24.9 Å². The molecule has 0 saturated heterocycles. The molecule has 1 heterocycles. The lowest BCUT2D eigenvalue weighted by molar-refractivity contribution is -0.313. The lowest BCUT2D eigenvalue weighted by Crippen LogP contribution is -2.36. The zero-order chi connectivity index (χ0) is 22.0. The van der Waals surface area contributed by atoms with Gasteiger partial charge in [0, 0.05) is 11.3 Å². The summed E-state index contributed by atoms with van der Waals surface area (Å²) >= 11 is 7.33. The number of halogens is 6. The van der Waals surface area contributed by atoms with Gasteiger partial charge in [0.1, 0.15) is 5.02 Å². The molecule has 0 saturated carbocycles. The Morgan fingerprint density at radius 2 is 1.76 bits per heavy atom. The zero-order valence-electron chi connectivity index (χ0n) is 15.5. The third-order valence-electron chi connectivity index (χ3n) is 3.50. The molecule has 2 rings (SSSR count). The summed E-state index contributed by atoms with van der Waals surface area (Å²) in [6.07, 6.45) is -3.87. The van der Waals surface area contributed by atoms with Crippen LogP contribution in [0.5, 0.6) is 0 Å². The number of hydrogen-bond acceptors (Lipinski definition) is 4. The Labute approximate surface area is 172 Å². The first-order chi connectivity index (χ1) is 13.3. The van der Waals surface area contributed by atoms with E-state index < -0.39 is 34.9 Å². The highest BCUT2D eigenvalue weighted by Crippen LogP contribution is 2.30. The van der Waals surface area contributed by atoms with Crippen molar-refractivity contribution in [3.8, 4) is 0 Å². The molecule has 0 spiro atoms. The molecular formula is C18H16ClF5N2O2S. The molecule has 0 bridgehead atoms. The Morgan fingerprint density at radius 3 is 2.28 bits per heavy atom. The Balaban J connectivity index is 2.13. The second kappa shape index (κ2) is 8.74. The highest BCUT2D eigenvalue weighted by atomic mass is 35.5. The van der Waals surface area contributed by atoms with Crippen molar-refractivity contribution in [3.05, 3.63) is 63.0 Å². The molecule has 0 radical (unpaired) electrons. The van der Waals surface area contributed by atoms with Gasteiger partial charge in [0.05, 0.1) is 16.6 Å². The normalized spacial score (nSPS) is 13.3. The van der Waals surface area contributed by atoms with E-state index in [0.29, 0.717) is 16.2 Å². The van der Waals surface area contributed by atoms with Crippen LogP contribution >= 0.6 is 23.4 Å². The second-order valence-corrected chi connectivity index (χ2v) is 8.23. The van der Waals surface area contributed by atoms with E-state index in [-0.39, 0.29) is 5.02 Å². The van der Waals surface area contributed by atoms with Crippen LogP contribution in [0.1, 0.15) is 31.9 Å². The van der Waals surface area contributed by atoms with E-state index in [2.05, 4.69) is 9.84 Å². The van der Waals surface area contributed by atoms with Crippen molar-refractivity contribution in [1.29, 1.82) is 0 Å². The molecule has 0 atom stereocenters. The summed E-state index contributed by atoms with van der Waals surface area (Å²) in [4.78, 5) is 12.8. The third kappa shape index (κ3) is 6.20.